The van der Waals surface area contributed by atoms with E-state index in [2.05, 4.69) is 14.3 Å². The zero-order valence-corrected chi connectivity index (χ0v) is 17.4. The number of fused-ring (bicyclic) bond motifs is 1. The summed E-state index contributed by atoms with van der Waals surface area (Å²) in [5.74, 6) is 0. The second kappa shape index (κ2) is 7.89. The first-order valence-corrected chi connectivity index (χ1v) is 11.1. The number of hydrogen-bond acceptors (Lipinski definition) is 3. The van der Waals surface area contributed by atoms with Gasteiger partial charge in [0.15, 0.2) is 0 Å². The van der Waals surface area contributed by atoms with Crippen molar-refractivity contribution in [3.8, 4) is 0 Å². The minimum absolute atomic E-state index is 0.233. The van der Waals surface area contributed by atoms with Crippen molar-refractivity contribution in [3.63, 3.8) is 0 Å². The van der Waals surface area contributed by atoms with E-state index in [9.17, 15) is 8.42 Å². The maximum atomic E-state index is 12.6. The van der Waals surface area contributed by atoms with Crippen LogP contribution in [0.1, 0.15) is 11.1 Å². The molecule has 29 heavy (non-hydrogen) atoms. The standard InChI is InChI=1S/C22H20ClN3O2S/c1-16-2-9-20(10-3-16)29(27,28)25-19-8-11-22-21(14-19)24-15-26(22)13-12-17-4-6-18(23)7-5-17/h2-11,14-15,25H,12-13H2,1H3. The van der Waals surface area contributed by atoms with Crippen LogP contribution >= 0.6 is 11.6 Å². The predicted octanol–water partition coefficient (Wildman–Crippen LogP) is 5.04. The molecule has 3 aromatic carbocycles. The number of imidazole rings is 1. The maximum Gasteiger partial charge on any atom is 0.261 e. The molecule has 0 unspecified atom stereocenters. The average molecular weight is 426 g/mol. The highest BCUT2D eigenvalue weighted by Gasteiger charge is 2.14. The molecule has 5 nitrogen and oxygen atoms in total. The van der Waals surface area contributed by atoms with E-state index in [4.69, 9.17) is 11.6 Å². The SMILES string of the molecule is Cc1ccc(S(=O)(=O)Nc2ccc3c(c2)ncn3CCc2ccc(Cl)cc2)cc1. The molecule has 0 spiro atoms. The molecule has 0 bridgehead atoms. The highest BCUT2D eigenvalue weighted by atomic mass is 35.5. The van der Waals surface area contributed by atoms with Crippen molar-refractivity contribution in [1.29, 1.82) is 0 Å². The number of nitrogens with zero attached hydrogens (tertiary/aromatic N) is 2. The number of halogens is 1. The summed E-state index contributed by atoms with van der Waals surface area (Å²) < 4.78 is 29.9. The van der Waals surface area contributed by atoms with Gasteiger partial charge in [0.25, 0.3) is 10.0 Å². The van der Waals surface area contributed by atoms with Crippen molar-refractivity contribution in [3.05, 3.63) is 89.2 Å². The Balaban J connectivity index is 1.51. The topological polar surface area (TPSA) is 64.0 Å². The zero-order chi connectivity index (χ0) is 20.4. The van der Waals surface area contributed by atoms with Gasteiger partial charge in [-0.05, 0) is 61.4 Å². The molecule has 0 saturated carbocycles. The Morgan fingerprint density at radius 3 is 2.45 bits per heavy atom. The smallest absolute Gasteiger partial charge is 0.261 e. The second-order valence-corrected chi connectivity index (χ2v) is 9.06. The quantitative estimate of drug-likeness (QED) is 0.470. The van der Waals surface area contributed by atoms with E-state index in [0.717, 1.165) is 34.6 Å². The molecule has 7 heteroatoms. The Labute approximate surface area is 175 Å². The molecule has 0 fully saturated rings. The van der Waals surface area contributed by atoms with E-state index in [0.29, 0.717) is 5.69 Å². The van der Waals surface area contributed by atoms with E-state index < -0.39 is 10.0 Å². The van der Waals surface area contributed by atoms with Crippen molar-refractivity contribution in [1.82, 2.24) is 9.55 Å². The van der Waals surface area contributed by atoms with Crippen LogP contribution in [-0.4, -0.2) is 18.0 Å². The zero-order valence-electron chi connectivity index (χ0n) is 15.8. The molecular formula is C22H20ClN3O2S. The van der Waals surface area contributed by atoms with Gasteiger partial charge in [0.1, 0.15) is 0 Å². The summed E-state index contributed by atoms with van der Waals surface area (Å²) in [6.07, 6.45) is 2.63. The normalized spacial score (nSPS) is 11.7. The fraction of sp³-hybridized carbons (Fsp3) is 0.136. The molecule has 0 amide bonds. The van der Waals surface area contributed by atoms with Crippen molar-refractivity contribution < 1.29 is 8.42 Å². The largest absolute Gasteiger partial charge is 0.330 e. The molecule has 0 atom stereocenters. The number of rotatable bonds is 6. The Morgan fingerprint density at radius 2 is 1.72 bits per heavy atom. The minimum atomic E-state index is -3.64. The third-order valence-electron chi connectivity index (χ3n) is 4.76. The predicted molar refractivity (Wildman–Crippen MR) is 117 cm³/mol. The Kier molecular flexibility index (Phi) is 5.30. The summed E-state index contributed by atoms with van der Waals surface area (Å²) in [4.78, 5) is 4.66. The fourth-order valence-electron chi connectivity index (χ4n) is 3.14. The molecule has 148 valence electrons. The first-order valence-electron chi connectivity index (χ1n) is 9.19. The van der Waals surface area contributed by atoms with E-state index in [1.807, 2.05) is 37.3 Å². The van der Waals surface area contributed by atoms with Crippen LogP contribution in [0.25, 0.3) is 11.0 Å². The molecule has 0 aliphatic heterocycles. The van der Waals surface area contributed by atoms with Gasteiger partial charge in [-0.1, -0.05) is 41.4 Å². The van der Waals surface area contributed by atoms with Crippen LogP contribution < -0.4 is 4.72 Å². The Morgan fingerprint density at radius 1 is 1.00 bits per heavy atom. The van der Waals surface area contributed by atoms with Gasteiger partial charge in [-0.3, -0.25) is 4.72 Å². The van der Waals surface area contributed by atoms with Crippen LogP contribution in [0.3, 0.4) is 0 Å². The molecule has 0 aliphatic rings. The molecule has 1 heterocycles. The van der Waals surface area contributed by atoms with Crippen molar-refractivity contribution in [2.45, 2.75) is 24.8 Å². The minimum Gasteiger partial charge on any atom is -0.330 e. The van der Waals surface area contributed by atoms with E-state index in [-0.39, 0.29) is 4.90 Å². The van der Waals surface area contributed by atoms with E-state index >= 15 is 0 Å². The molecule has 4 aromatic rings. The Bertz CT molecular complexity index is 1250. The highest BCUT2D eigenvalue weighted by molar-refractivity contribution is 7.92. The molecule has 0 aliphatic carbocycles. The van der Waals surface area contributed by atoms with Crippen LogP contribution in [0.15, 0.2) is 78.0 Å². The number of nitrogens with one attached hydrogen (secondary N) is 1. The van der Waals surface area contributed by atoms with Crippen molar-refractivity contribution in [2.75, 3.05) is 4.72 Å². The van der Waals surface area contributed by atoms with Gasteiger partial charge >= 0.3 is 0 Å². The first kappa shape index (κ1) is 19.5. The van der Waals surface area contributed by atoms with Crippen LogP contribution in [0, 0.1) is 6.92 Å². The van der Waals surface area contributed by atoms with Crippen molar-refractivity contribution >= 4 is 38.3 Å². The number of anilines is 1. The second-order valence-electron chi connectivity index (χ2n) is 6.94. The lowest BCUT2D eigenvalue weighted by molar-refractivity contribution is 0.601. The van der Waals surface area contributed by atoms with Gasteiger partial charge in [-0.25, -0.2) is 13.4 Å². The summed E-state index contributed by atoms with van der Waals surface area (Å²) in [6, 6.07) is 19.9. The van der Waals surface area contributed by atoms with Crippen LogP contribution in [0.4, 0.5) is 5.69 Å². The number of benzene rings is 3. The number of hydrogen-bond donors (Lipinski definition) is 1. The van der Waals surface area contributed by atoms with E-state index in [1.54, 1.807) is 42.7 Å². The number of aromatic nitrogens is 2. The summed E-state index contributed by atoms with van der Waals surface area (Å²) >= 11 is 5.93. The number of sulfonamides is 1. The summed E-state index contributed by atoms with van der Waals surface area (Å²) in [5, 5.41) is 0.724. The van der Waals surface area contributed by atoms with Gasteiger partial charge in [-0.15, -0.1) is 0 Å². The first-order chi connectivity index (χ1) is 13.9. The van der Waals surface area contributed by atoms with Gasteiger partial charge in [0.2, 0.25) is 0 Å². The molecule has 0 radical (unpaired) electrons. The fourth-order valence-corrected chi connectivity index (χ4v) is 4.31. The van der Waals surface area contributed by atoms with E-state index in [1.165, 1.54) is 5.56 Å². The monoisotopic (exact) mass is 425 g/mol. The van der Waals surface area contributed by atoms with Crippen LogP contribution in [0.5, 0.6) is 0 Å². The molecule has 0 saturated heterocycles. The molecule has 4 rings (SSSR count). The third kappa shape index (κ3) is 4.44. The van der Waals surface area contributed by atoms with Gasteiger partial charge in [0.05, 0.1) is 27.9 Å². The van der Waals surface area contributed by atoms with Gasteiger partial charge in [0, 0.05) is 11.6 Å². The lowest BCUT2D eigenvalue weighted by Gasteiger charge is -2.09. The summed E-state index contributed by atoms with van der Waals surface area (Å²) in [5.41, 5.74) is 4.39. The Hall–Kier alpha value is -2.83. The summed E-state index contributed by atoms with van der Waals surface area (Å²) in [7, 11) is -3.64. The average Bonchev–Trinajstić information content (AvgIpc) is 3.10. The van der Waals surface area contributed by atoms with Crippen LogP contribution in [0.2, 0.25) is 5.02 Å². The van der Waals surface area contributed by atoms with Crippen LogP contribution in [-0.2, 0) is 23.0 Å². The lowest BCUT2D eigenvalue weighted by atomic mass is 10.1. The molecule has 1 aromatic heterocycles. The van der Waals surface area contributed by atoms with Gasteiger partial charge < -0.3 is 4.57 Å². The number of aryl methyl sites for hydroxylation is 3. The third-order valence-corrected chi connectivity index (χ3v) is 6.41. The van der Waals surface area contributed by atoms with Gasteiger partial charge in [-0.2, -0.15) is 0 Å². The lowest BCUT2D eigenvalue weighted by Crippen LogP contribution is -2.12. The maximum absolute atomic E-state index is 12.6. The highest BCUT2D eigenvalue weighted by Crippen LogP contribution is 2.22. The molecule has 1 N–H and O–H groups in total. The molecular weight excluding hydrogens is 406 g/mol. The van der Waals surface area contributed by atoms with Crippen molar-refractivity contribution in [2.24, 2.45) is 0 Å². The summed E-state index contributed by atoms with van der Waals surface area (Å²) in [6.45, 7) is 2.69.